The van der Waals surface area contributed by atoms with Gasteiger partial charge in [-0.1, -0.05) is 5.92 Å². The molecular formula is C27H29N3O9. The number of esters is 1. The molecule has 3 aliphatic carbocycles. The highest BCUT2D eigenvalue weighted by atomic mass is 16.5. The molecule has 12 nitrogen and oxygen atoms in total. The molecule has 0 saturated heterocycles. The number of aliphatic hydroxyl groups excluding tert-OH is 2. The normalized spacial score (nSPS) is 25.9. The first-order chi connectivity index (χ1) is 18.2. The molecule has 0 bridgehead atoms. The summed E-state index contributed by atoms with van der Waals surface area (Å²) in [5, 5.41) is 45.1. The smallest absolute Gasteiger partial charge is 0.384 e. The number of nitrogens with zero attached hydrogens (tertiary/aromatic N) is 2. The number of hydrogen-bond acceptors (Lipinski definition) is 11. The highest BCUT2D eigenvalue weighted by Crippen LogP contribution is 2.54. The van der Waals surface area contributed by atoms with E-state index in [1.54, 1.807) is 19.0 Å². The lowest BCUT2D eigenvalue weighted by Gasteiger charge is -2.50. The fourth-order valence-corrected chi connectivity index (χ4v) is 5.96. The fourth-order valence-electron chi connectivity index (χ4n) is 5.96. The molecule has 1 unspecified atom stereocenters. The minimum atomic E-state index is -2.73. The molecule has 1 aromatic rings. The van der Waals surface area contributed by atoms with Crippen molar-refractivity contribution in [3.8, 4) is 17.6 Å². The van der Waals surface area contributed by atoms with Gasteiger partial charge in [0.15, 0.2) is 11.4 Å². The second kappa shape index (κ2) is 9.44. The Kier molecular flexibility index (Phi) is 6.70. The quantitative estimate of drug-likeness (QED) is 0.190. The van der Waals surface area contributed by atoms with E-state index < -0.39 is 69.8 Å². The molecule has 1 fully saturated rings. The first-order valence-corrected chi connectivity index (χ1v) is 12.0. The number of phenolic OH excluding ortho intramolecular Hbond substituents is 1. The van der Waals surface area contributed by atoms with Crippen LogP contribution in [0.15, 0.2) is 23.0 Å². The number of rotatable bonds is 3. The second-order valence-corrected chi connectivity index (χ2v) is 10.2. The SMILES string of the molecule is COC(=O)C#Cc1cc(N(C)C)c2c(c1O)C(O)=C1C(=O)[C@@]3(O)C(O)=C(C(N)=O)C(=O)C(N(C)C)[C@H]3C[C@H]1C2. The highest BCUT2D eigenvalue weighted by molar-refractivity contribution is 6.24. The van der Waals surface area contributed by atoms with E-state index in [2.05, 4.69) is 16.6 Å². The molecule has 0 heterocycles. The van der Waals surface area contributed by atoms with Gasteiger partial charge < -0.3 is 35.8 Å². The Morgan fingerprint density at radius 3 is 2.33 bits per heavy atom. The van der Waals surface area contributed by atoms with Crippen LogP contribution in [0.1, 0.15) is 23.1 Å². The van der Waals surface area contributed by atoms with Crippen LogP contribution in [0.5, 0.6) is 5.75 Å². The third kappa shape index (κ3) is 3.93. The van der Waals surface area contributed by atoms with E-state index >= 15 is 0 Å². The number of carbonyl (C=O) groups excluding carboxylic acids is 4. The topological polar surface area (TPSA) is 191 Å². The number of ether oxygens (including phenoxy) is 1. The first kappa shape index (κ1) is 27.7. The molecule has 3 aliphatic rings. The summed E-state index contributed by atoms with van der Waals surface area (Å²) in [5.41, 5.74) is 2.33. The van der Waals surface area contributed by atoms with Crippen LogP contribution >= 0.6 is 0 Å². The maximum absolute atomic E-state index is 13.9. The molecule has 1 aromatic carbocycles. The summed E-state index contributed by atoms with van der Waals surface area (Å²) in [6.45, 7) is 0. The average molecular weight is 540 g/mol. The molecule has 0 aliphatic heterocycles. The van der Waals surface area contributed by atoms with Crippen molar-refractivity contribution < 1.29 is 44.3 Å². The lowest BCUT2D eigenvalue weighted by atomic mass is 9.57. The number of amides is 1. The van der Waals surface area contributed by atoms with Crippen molar-refractivity contribution in [3.63, 3.8) is 0 Å². The standard InChI is InChI=1S/C27H29N3O9/c1-29(2)15-10-11(6-7-16(31)39-5)21(32)18-13(15)8-12-9-14-20(30(3)4)23(34)19(26(28)37)25(36)27(14,38)24(35)17(12)22(18)33/h10,12,14,20,32-33,36,38H,8-9H2,1-5H3,(H2,28,37)/t12-,14-,20?,27-/m1/s1. The second-order valence-electron chi connectivity index (χ2n) is 10.2. The number of hydrogen-bond donors (Lipinski definition) is 5. The molecule has 4 atom stereocenters. The Morgan fingerprint density at radius 1 is 1.15 bits per heavy atom. The molecule has 4 rings (SSSR count). The van der Waals surface area contributed by atoms with E-state index in [4.69, 9.17) is 5.73 Å². The highest BCUT2D eigenvalue weighted by Gasteiger charge is 2.64. The molecule has 12 heteroatoms. The van der Waals surface area contributed by atoms with Gasteiger partial charge in [-0.3, -0.25) is 19.3 Å². The maximum Gasteiger partial charge on any atom is 0.384 e. The van der Waals surface area contributed by atoms with Crippen molar-refractivity contribution in [2.75, 3.05) is 40.2 Å². The van der Waals surface area contributed by atoms with E-state index in [-0.39, 0.29) is 29.5 Å². The summed E-state index contributed by atoms with van der Waals surface area (Å²) >= 11 is 0. The number of primary amides is 1. The summed E-state index contributed by atoms with van der Waals surface area (Å²) in [7, 11) is 7.66. The van der Waals surface area contributed by atoms with Crippen LogP contribution in [0.25, 0.3) is 5.76 Å². The van der Waals surface area contributed by atoms with Crippen molar-refractivity contribution in [3.05, 3.63) is 39.7 Å². The van der Waals surface area contributed by atoms with Gasteiger partial charge in [-0.05, 0) is 44.5 Å². The number of phenols is 1. The molecule has 0 radical (unpaired) electrons. The number of nitrogens with two attached hydrogens (primary N) is 1. The average Bonchev–Trinajstić information content (AvgIpc) is 2.84. The predicted octanol–water partition coefficient (Wildman–Crippen LogP) is -0.445. The van der Waals surface area contributed by atoms with Gasteiger partial charge in [-0.2, -0.15) is 0 Å². The molecule has 206 valence electrons. The van der Waals surface area contributed by atoms with Gasteiger partial charge in [-0.15, -0.1) is 0 Å². The molecule has 0 aromatic heterocycles. The monoisotopic (exact) mass is 539 g/mol. The molecule has 0 spiro atoms. The number of ketones is 2. The molecule has 39 heavy (non-hydrogen) atoms. The van der Waals surface area contributed by atoms with Gasteiger partial charge in [-0.25, -0.2) is 4.79 Å². The molecule has 1 saturated carbocycles. The Labute approximate surface area is 223 Å². The van der Waals surface area contributed by atoms with E-state index in [1.807, 2.05) is 0 Å². The van der Waals surface area contributed by atoms with Crippen LogP contribution in [0.4, 0.5) is 5.69 Å². The summed E-state index contributed by atoms with van der Waals surface area (Å²) in [6, 6.07) is 0.365. The number of anilines is 1. The number of likely N-dealkylation sites (N-methyl/N-ethyl adjacent to an activating group) is 1. The number of methoxy groups -OCH3 is 1. The Morgan fingerprint density at radius 2 is 1.79 bits per heavy atom. The summed E-state index contributed by atoms with van der Waals surface area (Å²) in [4.78, 5) is 53.9. The van der Waals surface area contributed by atoms with Gasteiger partial charge in [0.05, 0.1) is 24.3 Å². The van der Waals surface area contributed by atoms with Crippen LogP contribution in [-0.2, 0) is 30.3 Å². The number of benzene rings is 1. The summed E-state index contributed by atoms with van der Waals surface area (Å²) in [5.74, 6) is -3.56. The minimum Gasteiger partial charge on any atom is -0.508 e. The molecule has 6 N–H and O–H groups in total. The van der Waals surface area contributed by atoms with Crippen molar-refractivity contribution in [2.45, 2.75) is 24.5 Å². The Balaban J connectivity index is 2.00. The van der Waals surface area contributed by atoms with Crippen molar-refractivity contribution in [1.82, 2.24) is 4.90 Å². The van der Waals surface area contributed by atoms with Gasteiger partial charge in [0.25, 0.3) is 5.91 Å². The zero-order valence-corrected chi connectivity index (χ0v) is 22.0. The van der Waals surface area contributed by atoms with Crippen LogP contribution in [-0.4, -0.2) is 95.7 Å². The van der Waals surface area contributed by atoms with Crippen molar-refractivity contribution in [1.29, 1.82) is 0 Å². The number of aromatic hydroxyl groups is 1. The van der Waals surface area contributed by atoms with E-state index in [9.17, 15) is 39.6 Å². The van der Waals surface area contributed by atoms with Gasteiger partial charge >= 0.3 is 5.97 Å². The summed E-state index contributed by atoms with van der Waals surface area (Å²) in [6.07, 6.45) is 0.101. The lowest BCUT2D eigenvalue weighted by molar-refractivity contribution is -0.153. The Bertz CT molecular complexity index is 1460. The number of carbonyl (C=O) groups is 4. The zero-order valence-electron chi connectivity index (χ0n) is 22.0. The summed E-state index contributed by atoms with van der Waals surface area (Å²) < 4.78 is 4.51. The van der Waals surface area contributed by atoms with Crippen LogP contribution < -0.4 is 10.6 Å². The van der Waals surface area contributed by atoms with Crippen molar-refractivity contribution >= 4 is 34.9 Å². The van der Waals surface area contributed by atoms with E-state index in [0.29, 0.717) is 11.3 Å². The minimum absolute atomic E-state index is 0.0245. The van der Waals surface area contributed by atoms with Gasteiger partial charge in [0.2, 0.25) is 5.78 Å². The molecule has 1 amide bonds. The largest absolute Gasteiger partial charge is 0.508 e. The van der Waals surface area contributed by atoms with E-state index in [0.717, 1.165) is 7.11 Å². The van der Waals surface area contributed by atoms with Gasteiger partial charge in [0, 0.05) is 37.2 Å². The third-order valence-corrected chi connectivity index (χ3v) is 7.66. The zero-order chi connectivity index (χ0) is 29.1. The van der Waals surface area contributed by atoms with E-state index in [1.165, 1.54) is 25.1 Å². The van der Waals surface area contributed by atoms with Crippen molar-refractivity contribution in [2.24, 2.45) is 17.6 Å². The molecular weight excluding hydrogens is 510 g/mol. The Hall–Kier alpha value is -4.34. The van der Waals surface area contributed by atoms with Gasteiger partial charge in [0.1, 0.15) is 22.8 Å². The predicted molar refractivity (Wildman–Crippen MR) is 137 cm³/mol. The van der Waals surface area contributed by atoms with Crippen LogP contribution in [0.3, 0.4) is 0 Å². The maximum atomic E-state index is 13.9. The lowest BCUT2D eigenvalue weighted by Crippen LogP contribution is -2.65. The van der Waals surface area contributed by atoms with Crippen LogP contribution in [0, 0.1) is 23.7 Å². The number of aliphatic hydroxyl groups is 3. The number of fused-ring (bicyclic) bond motifs is 3. The van der Waals surface area contributed by atoms with Crippen LogP contribution in [0.2, 0.25) is 0 Å². The fraction of sp³-hybridized carbons (Fsp3) is 0.407. The number of Topliss-reactive ketones (excluding diaryl/α,β-unsaturated/α-hetero) is 2. The first-order valence-electron chi connectivity index (χ1n) is 12.0. The third-order valence-electron chi connectivity index (χ3n) is 7.66.